The van der Waals surface area contributed by atoms with Gasteiger partial charge in [-0.15, -0.1) is 0 Å². The molecule has 0 saturated heterocycles. The van der Waals surface area contributed by atoms with Crippen molar-refractivity contribution in [2.45, 2.75) is 13.2 Å². The standard InChI is InChI=1S/C11H17NO3/c1-13-7-8-4-9(6-12)11(15-3)10(5-8)14-2/h4-5H,6-7,12H2,1-3H3. The quantitative estimate of drug-likeness (QED) is 0.797. The lowest BCUT2D eigenvalue weighted by Gasteiger charge is -2.13. The molecule has 0 atom stereocenters. The van der Waals surface area contributed by atoms with Crippen molar-refractivity contribution in [1.29, 1.82) is 0 Å². The van der Waals surface area contributed by atoms with E-state index in [0.717, 1.165) is 11.1 Å². The average Bonchev–Trinajstić information content (AvgIpc) is 2.28. The summed E-state index contributed by atoms with van der Waals surface area (Å²) in [6, 6.07) is 3.85. The van der Waals surface area contributed by atoms with Crippen molar-refractivity contribution in [1.82, 2.24) is 0 Å². The van der Waals surface area contributed by atoms with Crippen LogP contribution in [-0.4, -0.2) is 21.3 Å². The second kappa shape index (κ2) is 5.58. The van der Waals surface area contributed by atoms with Crippen LogP contribution in [0.1, 0.15) is 11.1 Å². The lowest BCUT2D eigenvalue weighted by molar-refractivity contribution is 0.184. The van der Waals surface area contributed by atoms with E-state index >= 15 is 0 Å². The zero-order valence-corrected chi connectivity index (χ0v) is 9.37. The third kappa shape index (κ3) is 2.61. The zero-order chi connectivity index (χ0) is 11.3. The van der Waals surface area contributed by atoms with E-state index in [1.807, 2.05) is 12.1 Å². The van der Waals surface area contributed by atoms with Crippen molar-refractivity contribution in [2.24, 2.45) is 5.73 Å². The highest BCUT2D eigenvalue weighted by atomic mass is 16.5. The number of hydrogen-bond acceptors (Lipinski definition) is 4. The molecule has 0 aliphatic rings. The molecule has 1 aromatic rings. The van der Waals surface area contributed by atoms with Crippen molar-refractivity contribution in [2.75, 3.05) is 21.3 Å². The van der Waals surface area contributed by atoms with Crippen LogP contribution in [0, 0.1) is 0 Å². The fourth-order valence-corrected chi connectivity index (χ4v) is 1.51. The molecule has 0 unspecified atom stereocenters. The summed E-state index contributed by atoms with van der Waals surface area (Å²) in [5, 5.41) is 0. The molecule has 0 aromatic heterocycles. The second-order valence-electron chi connectivity index (χ2n) is 3.13. The predicted molar refractivity (Wildman–Crippen MR) is 58.2 cm³/mol. The summed E-state index contributed by atoms with van der Waals surface area (Å²) in [5.74, 6) is 1.38. The maximum absolute atomic E-state index is 5.64. The van der Waals surface area contributed by atoms with E-state index in [2.05, 4.69) is 0 Å². The Morgan fingerprint density at radius 2 is 1.87 bits per heavy atom. The molecule has 0 heterocycles. The van der Waals surface area contributed by atoms with Crippen LogP contribution in [0.5, 0.6) is 11.5 Å². The Balaban J connectivity index is 3.16. The minimum atomic E-state index is 0.414. The molecule has 0 aliphatic heterocycles. The van der Waals surface area contributed by atoms with E-state index in [0.29, 0.717) is 24.7 Å². The maximum Gasteiger partial charge on any atom is 0.165 e. The first kappa shape index (κ1) is 11.8. The summed E-state index contributed by atoms with van der Waals surface area (Å²) >= 11 is 0. The van der Waals surface area contributed by atoms with E-state index in [1.165, 1.54) is 0 Å². The Morgan fingerprint density at radius 1 is 1.13 bits per heavy atom. The fraction of sp³-hybridized carbons (Fsp3) is 0.455. The molecule has 1 aromatic carbocycles. The molecule has 0 bridgehead atoms. The molecule has 0 fully saturated rings. The molecular formula is C11H17NO3. The second-order valence-corrected chi connectivity index (χ2v) is 3.13. The summed E-state index contributed by atoms with van der Waals surface area (Å²) in [7, 11) is 4.86. The Hall–Kier alpha value is -1.26. The molecular weight excluding hydrogens is 194 g/mol. The van der Waals surface area contributed by atoms with Crippen LogP contribution in [0.15, 0.2) is 12.1 Å². The molecule has 0 saturated carbocycles. The van der Waals surface area contributed by atoms with Crippen LogP contribution in [0.4, 0.5) is 0 Å². The minimum absolute atomic E-state index is 0.414. The van der Waals surface area contributed by atoms with Crippen LogP contribution in [0.3, 0.4) is 0 Å². The maximum atomic E-state index is 5.64. The average molecular weight is 211 g/mol. The Kier molecular flexibility index (Phi) is 4.39. The van der Waals surface area contributed by atoms with Crippen molar-refractivity contribution in [3.05, 3.63) is 23.3 Å². The van der Waals surface area contributed by atoms with Gasteiger partial charge in [0.05, 0.1) is 20.8 Å². The van der Waals surface area contributed by atoms with Gasteiger partial charge in [0.15, 0.2) is 11.5 Å². The molecule has 2 N–H and O–H groups in total. The minimum Gasteiger partial charge on any atom is -0.493 e. The van der Waals surface area contributed by atoms with Crippen LogP contribution < -0.4 is 15.2 Å². The van der Waals surface area contributed by atoms with Crippen LogP contribution >= 0.6 is 0 Å². The van der Waals surface area contributed by atoms with E-state index in [1.54, 1.807) is 21.3 Å². The third-order valence-corrected chi connectivity index (χ3v) is 2.15. The summed E-state index contributed by atoms with van der Waals surface area (Å²) in [6.45, 7) is 0.949. The largest absolute Gasteiger partial charge is 0.493 e. The normalized spacial score (nSPS) is 10.1. The molecule has 0 aliphatic carbocycles. The Morgan fingerprint density at radius 3 is 2.33 bits per heavy atom. The summed E-state index contributed by atoms with van der Waals surface area (Å²) in [4.78, 5) is 0. The smallest absolute Gasteiger partial charge is 0.165 e. The van der Waals surface area contributed by atoms with Crippen molar-refractivity contribution < 1.29 is 14.2 Å². The number of rotatable bonds is 5. The number of ether oxygens (including phenoxy) is 3. The molecule has 0 spiro atoms. The van der Waals surface area contributed by atoms with Gasteiger partial charge in [0, 0.05) is 19.2 Å². The lowest BCUT2D eigenvalue weighted by Crippen LogP contribution is -2.03. The van der Waals surface area contributed by atoms with Gasteiger partial charge < -0.3 is 19.9 Å². The van der Waals surface area contributed by atoms with Crippen molar-refractivity contribution in [3.8, 4) is 11.5 Å². The summed E-state index contributed by atoms with van der Waals surface area (Å²) in [6.07, 6.45) is 0. The van der Waals surface area contributed by atoms with Crippen LogP contribution in [0.25, 0.3) is 0 Å². The first-order chi connectivity index (χ1) is 7.26. The van der Waals surface area contributed by atoms with E-state index in [9.17, 15) is 0 Å². The number of hydrogen-bond donors (Lipinski definition) is 1. The van der Waals surface area contributed by atoms with Crippen LogP contribution in [-0.2, 0) is 17.9 Å². The molecule has 4 nitrogen and oxygen atoms in total. The zero-order valence-electron chi connectivity index (χ0n) is 9.37. The highest BCUT2D eigenvalue weighted by Gasteiger charge is 2.10. The van der Waals surface area contributed by atoms with Gasteiger partial charge in [-0.05, 0) is 17.7 Å². The van der Waals surface area contributed by atoms with E-state index < -0.39 is 0 Å². The Bertz CT molecular complexity index is 301. The van der Waals surface area contributed by atoms with Gasteiger partial charge in [-0.2, -0.15) is 0 Å². The number of benzene rings is 1. The molecule has 84 valence electrons. The molecule has 1 rings (SSSR count). The topological polar surface area (TPSA) is 53.7 Å². The van der Waals surface area contributed by atoms with Gasteiger partial charge in [-0.25, -0.2) is 0 Å². The van der Waals surface area contributed by atoms with E-state index in [4.69, 9.17) is 19.9 Å². The highest BCUT2D eigenvalue weighted by molar-refractivity contribution is 5.49. The summed E-state index contributed by atoms with van der Waals surface area (Å²) < 4.78 is 15.5. The van der Waals surface area contributed by atoms with E-state index in [-0.39, 0.29) is 0 Å². The molecule has 15 heavy (non-hydrogen) atoms. The fourth-order valence-electron chi connectivity index (χ4n) is 1.51. The molecule has 0 amide bonds. The number of nitrogens with two attached hydrogens (primary N) is 1. The SMILES string of the molecule is COCc1cc(CN)c(OC)c(OC)c1. The summed E-state index contributed by atoms with van der Waals surface area (Å²) in [5.41, 5.74) is 7.58. The first-order valence-electron chi connectivity index (χ1n) is 4.69. The Labute approximate surface area is 89.9 Å². The first-order valence-corrected chi connectivity index (χ1v) is 4.69. The molecule has 0 radical (unpaired) electrons. The number of methoxy groups -OCH3 is 3. The van der Waals surface area contributed by atoms with Gasteiger partial charge in [-0.1, -0.05) is 0 Å². The van der Waals surface area contributed by atoms with Crippen molar-refractivity contribution >= 4 is 0 Å². The lowest BCUT2D eigenvalue weighted by atomic mass is 10.1. The van der Waals surface area contributed by atoms with Crippen molar-refractivity contribution in [3.63, 3.8) is 0 Å². The highest BCUT2D eigenvalue weighted by Crippen LogP contribution is 2.32. The van der Waals surface area contributed by atoms with Gasteiger partial charge in [0.2, 0.25) is 0 Å². The predicted octanol–water partition coefficient (Wildman–Crippen LogP) is 1.31. The van der Waals surface area contributed by atoms with Gasteiger partial charge in [0.1, 0.15) is 0 Å². The third-order valence-electron chi connectivity index (χ3n) is 2.15. The monoisotopic (exact) mass is 211 g/mol. The van der Waals surface area contributed by atoms with Gasteiger partial charge in [0.25, 0.3) is 0 Å². The molecule has 4 heteroatoms. The van der Waals surface area contributed by atoms with Gasteiger partial charge in [-0.3, -0.25) is 0 Å². The van der Waals surface area contributed by atoms with Crippen LogP contribution in [0.2, 0.25) is 0 Å². The van der Waals surface area contributed by atoms with Gasteiger partial charge >= 0.3 is 0 Å².